The first-order valence-corrected chi connectivity index (χ1v) is 4.26. The molecule has 0 radical (unpaired) electrons. The number of hydrogen-bond donors (Lipinski definition) is 2. The van der Waals surface area contributed by atoms with Crippen molar-refractivity contribution in [3.05, 3.63) is 0 Å². The van der Waals surface area contributed by atoms with Crippen molar-refractivity contribution < 1.29 is 14.6 Å². The summed E-state index contributed by atoms with van der Waals surface area (Å²) in [7, 11) is 0. The van der Waals surface area contributed by atoms with Crippen molar-refractivity contribution in [1.29, 1.82) is 0 Å². The molecule has 3 N–H and O–H groups in total. The lowest BCUT2D eigenvalue weighted by Gasteiger charge is -2.14. The van der Waals surface area contributed by atoms with Crippen LogP contribution in [0.1, 0.15) is 19.8 Å². The second-order valence-corrected chi connectivity index (χ2v) is 3.16. The van der Waals surface area contributed by atoms with Gasteiger partial charge in [-0.25, -0.2) is 0 Å². The first-order chi connectivity index (χ1) is 5.69. The molecule has 3 atom stereocenters. The van der Waals surface area contributed by atoms with Crippen LogP contribution in [0.4, 0.5) is 0 Å². The van der Waals surface area contributed by atoms with Gasteiger partial charge < -0.3 is 15.6 Å². The molecule has 0 bridgehead atoms. The smallest absolute Gasteiger partial charge is 0.309 e. The molecule has 1 aliphatic heterocycles. The van der Waals surface area contributed by atoms with Crippen LogP contribution in [-0.4, -0.2) is 29.8 Å². The zero-order valence-corrected chi connectivity index (χ0v) is 7.19. The fourth-order valence-electron chi connectivity index (χ4n) is 1.38. The quantitative estimate of drug-likeness (QED) is 0.572. The monoisotopic (exact) mass is 173 g/mol. The second kappa shape index (κ2) is 3.87. The SMILES string of the molecule is CCC1CC(C(N)CO)OC1=O. The molecule has 1 aliphatic rings. The lowest BCUT2D eigenvalue weighted by atomic mass is 9.99. The number of aliphatic hydroxyl groups excluding tert-OH is 1. The maximum absolute atomic E-state index is 11.1. The number of nitrogens with two attached hydrogens (primary N) is 1. The summed E-state index contributed by atoms with van der Waals surface area (Å²) < 4.78 is 4.99. The number of carbonyl (C=O) groups excluding carboxylic acids is 1. The van der Waals surface area contributed by atoms with Gasteiger partial charge in [0.1, 0.15) is 6.10 Å². The van der Waals surface area contributed by atoms with E-state index < -0.39 is 6.04 Å². The van der Waals surface area contributed by atoms with Gasteiger partial charge >= 0.3 is 5.97 Å². The van der Waals surface area contributed by atoms with Gasteiger partial charge in [-0.2, -0.15) is 0 Å². The predicted molar refractivity (Wildman–Crippen MR) is 43.3 cm³/mol. The predicted octanol–water partition coefficient (Wildman–Crippen LogP) is -0.352. The minimum atomic E-state index is -0.425. The van der Waals surface area contributed by atoms with E-state index in [1.54, 1.807) is 0 Å². The number of ether oxygens (including phenoxy) is 1. The summed E-state index contributed by atoms with van der Waals surface area (Å²) in [6.07, 6.45) is 1.15. The molecule has 1 heterocycles. The zero-order chi connectivity index (χ0) is 9.14. The summed E-state index contributed by atoms with van der Waals surface area (Å²) in [4.78, 5) is 11.1. The molecule has 3 unspecified atom stereocenters. The molecule has 1 saturated heterocycles. The van der Waals surface area contributed by atoms with Gasteiger partial charge in [0.2, 0.25) is 0 Å². The van der Waals surface area contributed by atoms with Crippen molar-refractivity contribution in [1.82, 2.24) is 0 Å². The topological polar surface area (TPSA) is 72.6 Å². The van der Waals surface area contributed by atoms with Gasteiger partial charge in [0.05, 0.1) is 18.6 Å². The molecular weight excluding hydrogens is 158 g/mol. The first kappa shape index (κ1) is 9.48. The maximum atomic E-state index is 11.1. The van der Waals surface area contributed by atoms with E-state index in [4.69, 9.17) is 15.6 Å². The average molecular weight is 173 g/mol. The molecular formula is C8H15NO3. The summed E-state index contributed by atoms with van der Waals surface area (Å²) in [5.41, 5.74) is 5.53. The van der Waals surface area contributed by atoms with E-state index in [9.17, 15) is 4.79 Å². The molecule has 0 spiro atoms. The molecule has 0 aromatic rings. The zero-order valence-electron chi connectivity index (χ0n) is 7.19. The van der Waals surface area contributed by atoms with E-state index in [1.807, 2.05) is 6.92 Å². The Morgan fingerprint density at radius 1 is 1.83 bits per heavy atom. The Labute approximate surface area is 71.7 Å². The maximum Gasteiger partial charge on any atom is 0.309 e. The molecule has 0 amide bonds. The van der Waals surface area contributed by atoms with Crippen LogP contribution in [0.15, 0.2) is 0 Å². The Balaban J connectivity index is 2.48. The number of cyclic esters (lactones) is 1. The molecule has 1 rings (SSSR count). The third-order valence-electron chi connectivity index (χ3n) is 2.30. The molecule has 0 aromatic carbocycles. The molecule has 0 aliphatic carbocycles. The summed E-state index contributed by atoms with van der Waals surface area (Å²) in [5, 5.41) is 8.72. The molecule has 4 heteroatoms. The highest BCUT2D eigenvalue weighted by Crippen LogP contribution is 2.24. The van der Waals surface area contributed by atoms with Crippen LogP contribution in [0.5, 0.6) is 0 Å². The Morgan fingerprint density at radius 2 is 2.50 bits per heavy atom. The summed E-state index contributed by atoms with van der Waals surface area (Å²) in [6.45, 7) is 1.81. The van der Waals surface area contributed by atoms with Crippen LogP contribution in [0.3, 0.4) is 0 Å². The van der Waals surface area contributed by atoms with Crippen LogP contribution >= 0.6 is 0 Å². The van der Waals surface area contributed by atoms with E-state index in [2.05, 4.69) is 0 Å². The highest BCUT2D eigenvalue weighted by Gasteiger charge is 2.35. The van der Waals surface area contributed by atoms with E-state index in [0.717, 1.165) is 6.42 Å². The van der Waals surface area contributed by atoms with Crippen LogP contribution < -0.4 is 5.73 Å². The lowest BCUT2D eigenvalue weighted by Crippen LogP contribution is -2.37. The number of rotatable bonds is 3. The van der Waals surface area contributed by atoms with Crippen LogP contribution in [0.25, 0.3) is 0 Å². The Bertz CT molecular complexity index is 172. The minimum Gasteiger partial charge on any atom is -0.460 e. The van der Waals surface area contributed by atoms with Crippen molar-refractivity contribution in [3.63, 3.8) is 0 Å². The molecule has 70 valence electrons. The highest BCUT2D eigenvalue weighted by molar-refractivity contribution is 5.74. The lowest BCUT2D eigenvalue weighted by molar-refractivity contribution is -0.145. The van der Waals surface area contributed by atoms with Gasteiger partial charge in [0, 0.05) is 0 Å². The number of carbonyl (C=O) groups is 1. The van der Waals surface area contributed by atoms with Crippen molar-refractivity contribution in [2.45, 2.75) is 31.9 Å². The van der Waals surface area contributed by atoms with Crippen LogP contribution in [-0.2, 0) is 9.53 Å². The minimum absolute atomic E-state index is 0.0207. The standard InChI is InChI=1S/C8H15NO3/c1-2-5-3-7(6(9)4-10)12-8(5)11/h5-7,10H,2-4,9H2,1H3. The van der Waals surface area contributed by atoms with E-state index in [0.29, 0.717) is 6.42 Å². The molecule has 0 aromatic heterocycles. The summed E-state index contributed by atoms with van der Waals surface area (Å²) in [5.74, 6) is -0.195. The Kier molecular flexibility index (Phi) is 3.05. The molecule has 0 saturated carbocycles. The van der Waals surface area contributed by atoms with Crippen molar-refractivity contribution in [2.24, 2.45) is 11.7 Å². The third-order valence-corrected chi connectivity index (χ3v) is 2.30. The highest BCUT2D eigenvalue weighted by atomic mass is 16.6. The van der Waals surface area contributed by atoms with E-state index in [1.165, 1.54) is 0 Å². The molecule has 12 heavy (non-hydrogen) atoms. The Morgan fingerprint density at radius 3 is 2.92 bits per heavy atom. The summed E-state index contributed by atoms with van der Waals surface area (Å²) in [6, 6.07) is -0.425. The van der Waals surface area contributed by atoms with Gasteiger partial charge in [0.25, 0.3) is 0 Å². The third kappa shape index (κ3) is 1.76. The normalized spacial score (nSPS) is 31.8. The van der Waals surface area contributed by atoms with E-state index in [-0.39, 0.29) is 24.6 Å². The average Bonchev–Trinajstić information content (AvgIpc) is 2.45. The molecule has 4 nitrogen and oxygen atoms in total. The molecule has 1 fully saturated rings. The van der Waals surface area contributed by atoms with Gasteiger partial charge in [-0.1, -0.05) is 6.92 Å². The Hall–Kier alpha value is -0.610. The summed E-state index contributed by atoms with van der Waals surface area (Å²) >= 11 is 0. The van der Waals surface area contributed by atoms with Crippen molar-refractivity contribution in [2.75, 3.05) is 6.61 Å². The second-order valence-electron chi connectivity index (χ2n) is 3.16. The van der Waals surface area contributed by atoms with Crippen molar-refractivity contribution >= 4 is 5.97 Å². The van der Waals surface area contributed by atoms with Crippen LogP contribution in [0.2, 0.25) is 0 Å². The van der Waals surface area contributed by atoms with Gasteiger partial charge in [-0.05, 0) is 12.8 Å². The van der Waals surface area contributed by atoms with Crippen LogP contribution in [0, 0.1) is 5.92 Å². The number of hydrogen-bond acceptors (Lipinski definition) is 4. The van der Waals surface area contributed by atoms with E-state index >= 15 is 0 Å². The van der Waals surface area contributed by atoms with Gasteiger partial charge in [-0.15, -0.1) is 0 Å². The first-order valence-electron chi connectivity index (χ1n) is 4.26. The van der Waals surface area contributed by atoms with Crippen molar-refractivity contribution in [3.8, 4) is 0 Å². The number of esters is 1. The fourth-order valence-corrected chi connectivity index (χ4v) is 1.38. The largest absolute Gasteiger partial charge is 0.460 e. The fraction of sp³-hybridized carbons (Fsp3) is 0.875. The van der Waals surface area contributed by atoms with Gasteiger partial charge in [0.15, 0.2) is 0 Å². The van der Waals surface area contributed by atoms with Gasteiger partial charge in [-0.3, -0.25) is 4.79 Å². The number of aliphatic hydroxyl groups is 1.